The third-order valence-electron chi connectivity index (χ3n) is 9.06. The zero-order valence-corrected chi connectivity index (χ0v) is 33.4. The van der Waals surface area contributed by atoms with Gasteiger partial charge in [-0.3, -0.25) is 24.1 Å². The van der Waals surface area contributed by atoms with Crippen molar-refractivity contribution in [1.82, 2.24) is 29.3 Å². The molecule has 2 aromatic carbocycles. The van der Waals surface area contributed by atoms with E-state index < -0.39 is 15.8 Å². The number of benzene rings is 2. The number of nitro groups is 2. The summed E-state index contributed by atoms with van der Waals surface area (Å²) < 4.78 is 14.0. The molecular weight excluding hydrogens is 802 g/mol. The van der Waals surface area contributed by atoms with Crippen LogP contribution in [0.1, 0.15) is 48.2 Å². The van der Waals surface area contributed by atoms with E-state index in [9.17, 15) is 49.6 Å². The van der Waals surface area contributed by atoms with Crippen LogP contribution in [0, 0.1) is 20.2 Å². The van der Waals surface area contributed by atoms with E-state index >= 15 is 0 Å². The number of aliphatic hydroxyl groups is 2. The second-order valence-corrected chi connectivity index (χ2v) is 13.3. The van der Waals surface area contributed by atoms with Gasteiger partial charge in [0.05, 0.1) is 51.8 Å². The van der Waals surface area contributed by atoms with Crippen molar-refractivity contribution in [1.29, 1.82) is 0 Å². The Morgan fingerprint density at radius 1 is 0.754 bits per heavy atom. The van der Waals surface area contributed by atoms with Gasteiger partial charge < -0.3 is 61.6 Å². The summed E-state index contributed by atoms with van der Waals surface area (Å²) >= 11 is 0. The maximum Gasteiger partial charge on any atom is 0.434 e. The molecule has 0 bridgehead atoms. The zero-order chi connectivity index (χ0) is 44.5. The molecular formula is C38H47N11O12. The summed E-state index contributed by atoms with van der Waals surface area (Å²) in [6.07, 6.45) is 8.57. The summed E-state index contributed by atoms with van der Waals surface area (Å²) in [5.74, 6) is -1.14. The fraction of sp³-hybridized carbons (Fsp3) is 0.368. The van der Waals surface area contributed by atoms with E-state index in [2.05, 4.69) is 25.9 Å². The molecule has 61 heavy (non-hydrogen) atoms. The van der Waals surface area contributed by atoms with Gasteiger partial charge in [-0.15, -0.1) is 0 Å². The van der Waals surface area contributed by atoms with Crippen molar-refractivity contribution in [2.45, 2.75) is 52.1 Å². The number of unbranched alkanes of at least 4 members (excludes halogenated alkanes) is 3. The molecule has 0 fully saturated rings. The summed E-state index contributed by atoms with van der Waals surface area (Å²) in [6, 6.07) is 9.65. The van der Waals surface area contributed by atoms with Gasteiger partial charge in [0.2, 0.25) is 11.8 Å². The number of hydrogen-bond acceptors (Lipinski definition) is 16. The number of imide groups is 1. The summed E-state index contributed by atoms with van der Waals surface area (Å²) in [5.41, 5.74) is 8.15. The zero-order valence-electron chi connectivity index (χ0n) is 33.4. The number of hydrogen-bond donors (Lipinski definition) is 6. The number of carbonyl (C=O) groups is 4. The first kappa shape index (κ1) is 46.6. The Morgan fingerprint density at radius 2 is 1.23 bits per heavy atom. The molecule has 326 valence electrons. The van der Waals surface area contributed by atoms with Crippen LogP contribution in [0.3, 0.4) is 0 Å². The quantitative estimate of drug-likeness (QED) is 0.0284. The van der Waals surface area contributed by atoms with E-state index in [0.717, 1.165) is 25.7 Å². The third kappa shape index (κ3) is 13.5. The molecule has 1 aliphatic heterocycles. The Balaban J connectivity index is 0.000000294. The maximum absolute atomic E-state index is 12.5. The predicted octanol–water partition coefficient (Wildman–Crippen LogP) is 1.71. The van der Waals surface area contributed by atoms with Crippen LogP contribution in [0.4, 0.5) is 23.3 Å². The Kier molecular flexibility index (Phi) is 17.5. The van der Waals surface area contributed by atoms with E-state index in [4.69, 9.17) is 15.2 Å². The molecule has 5 rings (SSSR count). The highest BCUT2D eigenvalue weighted by atomic mass is 16.6. The number of carbonyl (C=O) groups excluding carboxylic acids is 4. The predicted molar refractivity (Wildman–Crippen MR) is 217 cm³/mol. The highest BCUT2D eigenvalue weighted by Crippen LogP contribution is 2.29. The monoisotopic (exact) mass is 849 g/mol. The smallest absolute Gasteiger partial charge is 0.434 e. The van der Waals surface area contributed by atoms with Crippen LogP contribution in [0.5, 0.6) is 11.5 Å². The Labute approximate surface area is 348 Å². The lowest BCUT2D eigenvalue weighted by molar-refractivity contribution is -0.396. The van der Waals surface area contributed by atoms with Crippen LogP contribution in [0.25, 0.3) is 0 Å². The molecule has 0 atom stereocenters. The Morgan fingerprint density at radius 3 is 1.67 bits per heavy atom. The summed E-state index contributed by atoms with van der Waals surface area (Å²) in [7, 11) is 3.02. The number of rotatable bonds is 22. The SMILES string of the molecule is Cn1c(COc2ccc(CO)cc2NC(=O)CN)cnc1[N+](=O)[O-].Cn1c(COc2ccc(CO)cc2NC(=O)CNCCCCCCN2C(=O)C=CC2=O)cnc1[N+](=O)[O-]. The van der Waals surface area contributed by atoms with Crippen molar-refractivity contribution in [2.75, 3.05) is 36.8 Å². The van der Waals surface area contributed by atoms with Crippen LogP contribution in [0.15, 0.2) is 60.9 Å². The molecule has 0 aliphatic carbocycles. The molecule has 7 N–H and O–H groups in total. The summed E-state index contributed by atoms with van der Waals surface area (Å²) in [5, 5.41) is 48.8. The van der Waals surface area contributed by atoms with E-state index in [1.165, 1.54) is 52.7 Å². The molecule has 3 heterocycles. The first-order valence-corrected chi connectivity index (χ1v) is 18.8. The number of amides is 4. The van der Waals surface area contributed by atoms with Gasteiger partial charge in [0.25, 0.3) is 11.8 Å². The molecule has 1 aliphatic rings. The third-order valence-corrected chi connectivity index (χ3v) is 9.06. The van der Waals surface area contributed by atoms with Crippen molar-refractivity contribution in [2.24, 2.45) is 19.8 Å². The lowest BCUT2D eigenvalue weighted by atomic mass is 10.2. The number of nitrogens with zero attached hydrogens (tertiary/aromatic N) is 7. The van der Waals surface area contributed by atoms with Crippen molar-refractivity contribution in [3.8, 4) is 11.5 Å². The van der Waals surface area contributed by atoms with Crippen LogP contribution in [-0.4, -0.2) is 93.9 Å². The average molecular weight is 850 g/mol. The topological polar surface area (TPSA) is 314 Å². The average Bonchev–Trinajstić information content (AvgIpc) is 3.92. The molecule has 0 spiro atoms. The molecule has 23 nitrogen and oxygen atoms in total. The molecule has 0 saturated carbocycles. The van der Waals surface area contributed by atoms with Gasteiger partial charge in [0, 0.05) is 18.7 Å². The second kappa shape index (κ2) is 22.9. The molecule has 0 saturated heterocycles. The fourth-order valence-electron chi connectivity index (χ4n) is 5.70. The standard InChI is InChI=1S/C24H30N6O7.C14H17N5O5/c1-28-18(13-26-24(28)30(35)36)16-37-20-7-6-17(15-31)12-19(20)27-21(32)14-25-10-4-2-3-5-11-29-22(33)8-9-23(29)34;1-18-10(6-16-14(18)19(22)23)8-24-12-3-2-9(7-20)4-11(12)17-13(21)5-15/h6-9,12-13,25,31H,2-5,10-11,14-16H2,1H3,(H,27,32);2-4,6,20H,5,7-8,15H2,1H3,(H,17,21). The lowest BCUT2D eigenvalue weighted by Crippen LogP contribution is -2.31. The van der Waals surface area contributed by atoms with Gasteiger partial charge in [-0.2, -0.15) is 0 Å². The van der Waals surface area contributed by atoms with E-state index in [1.807, 2.05) is 0 Å². The van der Waals surface area contributed by atoms with Crippen molar-refractivity contribution in [3.05, 3.63) is 104 Å². The minimum Gasteiger partial charge on any atom is -0.484 e. The molecule has 23 heteroatoms. The van der Waals surface area contributed by atoms with Crippen LogP contribution >= 0.6 is 0 Å². The van der Waals surface area contributed by atoms with Gasteiger partial charge in [0.15, 0.2) is 11.4 Å². The number of ether oxygens (including phenoxy) is 2. The molecule has 0 radical (unpaired) electrons. The number of aliphatic hydroxyl groups excluding tert-OH is 2. The molecule has 0 unspecified atom stereocenters. The van der Waals surface area contributed by atoms with Crippen molar-refractivity contribution in [3.63, 3.8) is 0 Å². The largest absolute Gasteiger partial charge is 0.484 e. The van der Waals surface area contributed by atoms with Crippen LogP contribution < -0.4 is 31.2 Å². The molecule has 2 aromatic heterocycles. The van der Waals surface area contributed by atoms with E-state index in [1.54, 1.807) is 36.4 Å². The normalized spacial score (nSPS) is 11.9. The first-order chi connectivity index (χ1) is 29.3. The lowest BCUT2D eigenvalue weighted by Gasteiger charge is -2.14. The summed E-state index contributed by atoms with van der Waals surface area (Å²) in [4.78, 5) is 76.2. The second-order valence-electron chi connectivity index (χ2n) is 13.3. The van der Waals surface area contributed by atoms with Crippen molar-refractivity contribution < 1.29 is 48.7 Å². The number of anilines is 2. The highest BCUT2D eigenvalue weighted by molar-refractivity contribution is 6.12. The van der Waals surface area contributed by atoms with Gasteiger partial charge in [-0.05, 0) is 64.6 Å². The number of nitrogens with two attached hydrogens (primary N) is 1. The molecule has 4 amide bonds. The Hall–Kier alpha value is -7.08. The molecule has 4 aromatic rings. The fourth-order valence-corrected chi connectivity index (χ4v) is 5.70. The van der Waals surface area contributed by atoms with Crippen molar-refractivity contribution >= 4 is 46.9 Å². The minimum absolute atomic E-state index is 0.00642. The maximum atomic E-state index is 12.5. The summed E-state index contributed by atoms with van der Waals surface area (Å²) in [6.45, 7) is 0.501. The Bertz CT molecular complexity index is 2220. The number of imidazole rings is 2. The van der Waals surface area contributed by atoms with E-state index in [-0.39, 0.29) is 69.1 Å². The number of aromatic nitrogens is 4. The number of nitrogens with one attached hydrogen (secondary N) is 3. The van der Waals surface area contributed by atoms with Gasteiger partial charge in [0.1, 0.15) is 37.1 Å². The van der Waals surface area contributed by atoms with Gasteiger partial charge in [-0.1, -0.05) is 34.9 Å². The van der Waals surface area contributed by atoms with Crippen LogP contribution in [-0.2, 0) is 59.7 Å². The first-order valence-electron chi connectivity index (χ1n) is 18.8. The van der Waals surface area contributed by atoms with E-state index in [0.29, 0.717) is 58.5 Å². The van der Waals surface area contributed by atoms with Gasteiger partial charge in [-0.25, -0.2) is 9.13 Å². The van der Waals surface area contributed by atoms with Gasteiger partial charge >= 0.3 is 11.9 Å². The minimum atomic E-state index is -0.591. The highest BCUT2D eigenvalue weighted by Gasteiger charge is 2.23. The van der Waals surface area contributed by atoms with Crippen LogP contribution in [0.2, 0.25) is 0 Å².